The Kier molecular flexibility index (Phi) is 6.78. The molecule has 3 N–H and O–H groups in total. The zero-order valence-corrected chi connectivity index (χ0v) is 19.5. The van der Waals surface area contributed by atoms with E-state index >= 15 is 0 Å². The van der Waals surface area contributed by atoms with E-state index in [9.17, 15) is 13.2 Å². The van der Waals surface area contributed by atoms with Crippen LogP contribution in [-0.4, -0.2) is 24.4 Å². The van der Waals surface area contributed by atoms with Crippen molar-refractivity contribution in [2.45, 2.75) is 4.90 Å². The fraction of sp³-hybridized carbons (Fsp3) is 0. The minimum atomic E-state index is -3.74. The number of hydrogen-bond donors (Lipinski definition) is 3. The van der Waals surface area contributed by atoms with Gasteiger partial charge in [-0.25, -0.2) is 13.4 Å². The molecule has 4 rings (SSSR count). The van der Waals surface area contributed by atoms with Gasteiger partial charge in [-0.1, -0.05) is 42.5 Å². The second-order valence-corrected chi connectivity index (χ2v) is 9.80. The fourth-order valence-electron chi connectivity index (χ4n) is 3.04. The number of anilines is 2. The average molecular weight is 495 g/mol. The van der Waals surface area contributed by atoms with E-state index in [2.05, 4.69) is 20.3 Å². The number of nitrogens with zero attached hydrogens (tertiary/aromatic N) is 1. The molecule has 7 nitrogen and oxygen atoms in total. The molecule has 0 atom stereocenters. The van der Waals surface area contributed by atoms with Crippen molar-refractivity contribution in [3.63, 3.8) is 0 Å². The second-order valence-electron chi connectivity index (χ2n) is 6.81. The highest BCUT2D eigenvalue weighted by atomic mass is 32.2. The molecular formula is C23H18N4O3S3. The summed E-state index contributed by atoms with van der Waals surface area (Å²) in [6.45, 7) is 0. The Balaban J connectivity index is 1.35. The van der Waals surface area contributed by atoms with Crippen LogP contribution < -0.4 is 15.4 Å². The maximum atomic E-state index is 12.4. The molecular weight excluding hydrogens is 476 g/mol. The smallest absolute Gasteiger partial charge is 0.263 e. The fourth-order valence-corrected chi connectivity index (χ4v) is 5.05. The number of thiazole rings is 1. The SMILES string of the molecule is O=C(C=Cc1cccc2ccccc12)NC(=S)Nc1ccc(S(=O)(=O)Nc2nccs2)cc1. The number of amides is 1. The highest BCUT2D eigenvalue weighted by molar-refractivity contribution is 7.93. The van der Waals surface area contributed by atoms with Crippen molar-refractivity contribution in [2.24, 2.45) is 0 Å². The molecule has 0 spiro atoms. The summed E-state index contributed by atoms with van der Waals surface area (Å²) in [6, 6.07) is 19.8. The topological polar surface area (TPSA) is 100 Å². The van der Waals surface area contributed by atoms with Crippen LogP contribution in [0.1, 0.15) is 5.56 Å². The quantitative estimate of drug-likeness (QED) is 0.267. The van der Waals surface area contributed by atoms with Crippen molar-refractivity contribution in [2.75, 3.05) is 10.0 Å². The van der Waals surface area contributed by atoms with Gasteiger partial charge in [0, 0.05) is 23.3 Å². The first-order valence-corrected chi connectivity index (χ1v) is 12.5. The number of aromatic nitrogens is 1. The van der Waals surface area contributed by atoms with Gasteiger partial charge < -0.3 is 5.32 Å². The minimum absolute atomic E-state index is 0.0798. The molecule has 166 valence electrons. The number of nitrogens with one attached hydrogen (secondary N) is 3. The van der Waals surface area contributed by atoms with E-state index in [0.29, 0.717) is 5.69 Å². The van der Waals surface area contributed by atoms with Gasteiger partial charge in [0.15, 0.2) is 10.2 Å². The Morgan fingerprint density at radius 1 is 1.00 bits per heavy atom. The van der Waals surface area contributed by atoms with Crippen molar-refractivity contribution >= 4 is 72.3 Å². The van der Waals surface area contributed by atoms with Crippen LogP contribution >= 0.6 is 23.6 Å². The monoisotopic (exact) mass is 494 g/mol. The van der Waals surface area contributed by atoms with Gasteiger partial charge in [-0.15, -0.1) is 11.3 Å². The summed E-state index contributed by atoms with van der Waals surface area (Å²) < 4.78 is 27.2. The van der Waals surface area contributed by atoms with E-state index in [0.717, 1.165) is 16.3 Å². The molecule has 4 aromatic rings. The largest absolute Gasteiger partial charge is 0.332 e. The first-order chi connectivity index (χ1) is 15.9. The lowest BCUT2D eigenvalue weighted by Gasteiger charge is -2.10. The number of hydrogen-bond acceptors (Lipinski definition) is 6. The van der Waals surface area contributed by atoms with E-state index in [1.54, 1.807) is 23.6 Å². The highest BCUT2D eigenvalue weighted by Gasteiger charge is 2.15. The van der Waals surface area contributed by atoms with Gasteiger partial charge in [-0.2, -0.15) is 0 Å². The molecule has 0 saturated carbocycles. The second kappa shape index (κ2) is 9.90. The number of thiocarbonyl (C=S) groups is 1. The number of sulfonamides is 1. The Morgan fingerprint density at radius 2 is 1.76 bits per heavy atom. The van der Waals surface area contributed by atoms with Gasteiger partial charge in [0.1, 0.15) is 0 Å². The van der Waals surface area contributed by atoms with Gasteiger partial charge in [0.05, 0.1) is 4.90 Å². The molecule has 1 heterocycles. The Bertz CT molecular complexity index is 1430. The van der Waals surface area contributed by atoms with Crippen LogP contribution in [0.2, 0.25) is 0 Å². The molecule has 0 unspecified atom stereocenters. The van der Waals surface area contributed by atoms with Crippen LogP contribution in [-0.2, 0) is 14.8 Å². The van der Waals surface area contributed by atoms with Crippen molar-refractivity contribution in [3.05, 3.63) is 89.9 Å². The predicted molar refractivity (Wildman–Crippen MR) is 137 cm³/mol. The summed E-state index contributed by atoms with van der Waals surface area (Å²) in [4.78, 5) is 16.3. The normalized spacial score (nSPS) is 11.4. The van der Waals surface area contributed by atoms with Crippen LogP contribution in [0.25, 0.3) is 16.8 Å². The summed E-state index contributed by atoms with van der Waals surface area (Å²) in [5, 5.41) is 9.64. The lowest BCUT2D eigenvalue weighted by Crippen LogP contribution is -2.32. The van der Waals surface area contributed by atoms with Crippen LogP contribution in [0.4, 0.5) is 10.8 Å². The van der Waals surface area contributed by atoms with Gasteiger partial charge in [0.2, 0.25) is 5.91 Å². The molecule has 0 saturated heterocycles. The van der Waals surface area contributed by atoms with E-state index in [-0.39, 0.29) is 21.0 Å². The highest BCUT2D eigenvalue weighted by Crippen LogP contribution is 2.20. The van der Waals surface area contributed by atoms with E-state index in [1.807, 2.05) is 42.5 Å². The maximum Gasteiger partial charge on any atom is 0.263 e. The third kappa shape index (κ3) is 5.80. The summed E-state index contributed by atoms with van der Waals surface area (Å²) in [7, 11) is -3.74. The number of benzene rings is 3. The predicted octanol–water partition coefficient (Wildman–Crippen LogP) is 4.62. The number of fused-ring (bicyclic) bond motifs is 1. The average Bonchev–Trinajstić information content (AvgIpc) is 3.30. The van der Waals surface area contributed by atoms with Gasteiger partial charge >= 0.3 is 0 Å². The van der Waals surface area contributed by atoms with Crippen LogP contribution in [0.15, 0.2) is 89.3 Å². The summed E-state index contributed by atoms with van der Waals surface area (Å²) in [5.74, 6) is -0.382. The number of carbonyl (C=O) groups is 1. The van der Waals surface area contributed by atoms with E-state index in [1.165, 1.54) is 35.7 Å². The third-order valence-electron chi connectivity index (χ3n) is 4.55. The van der Waals surface area contributed by atoms with Gasteiger partial charge in [-0.3, -0.25) is 14.8 Å². The molecule has 10 heteroatoms. The molecule has 3 aromatic carbocycles. The van der Waals surface area contributed by atoms with Crippen LogP contribution in [0, 0.1) is 0 Å². The zero-order valence-electron chi connectivity index (χ0n) is 17.1. The standard InChI is InChI=1S/C23H18N4O3S3/c28-21(13-8-17-6-3-5-16-4-1-2-7-20(16)17)26-22(31)25-18-9-11-19(12-10-18)33(29,30)27-23-24-14-15-32-23/h1-15H,(H,24,27)(H2,25,26,28,31). The Morgan fingerprint density at radius 3 is 2.52 bits per heavy atom. The molecule has 1 amide bonds. The summed E-state index contributed by atoms with van der Waals surface area (Å²) in [6.07, 6.45) is 4.66. The molecule has 0 bridgehead atoms. The Labute approximate surface area is 200 Å². The molecule has 0 fully saturated rings. The summed E-state index contributed by atoms with van der Waals surface area (Å²) in [5.41, 5.74) is 1.46. The minimum Gasteiger partial charge on any atom is -0.332 e. The maximum absolute atomic E-state index is 12.4. The van der Waals surface area contributed by atoms with Crippen LogP contribution in [0.5, 0.6) is 0 Å². The number of carbonyl (C=O) groups excluding carboxylic acids is 1. The molecule has 33 heavy (non-hydrogen) atoms. The molecule has 0 radical (unpaired) electrons. The lowest BCUT2D eigenvalue weighted by atomic mass is 10.0. The van der Waals surface area contributed by atoms with Crippen LogP contribution in [0.3, 0.4) is 0 Å². The Hall–Kier alpha value is -3.60. The van der Waals surface area contributed by atoms with Crippen molar-refractivity contribution in [3.8, 4) is 0 Å². The van der Waals surface area contributed by atoms with E-state index in [4.69, 9.17) is 12.2 Å². The number of rotatable bonds is 6. The molecule has 0 aliphatic heterocycles. The zero-order chi connectivity index (χ0) is 23.3. The van der Waals surface area contributed by atoms with Crippen molar-refractivity contribution in [1.82, 2.24) is 10.3 Å². The molecule has 0 aliphatic carbocycles. The van der Waals surface area contributed by atoms with Crippen molar-refractivity contribution in [1.29, 1.82) is 0 Å². The van der Waals surface area contributed by atoms with E-state index < -0.39 is 10.0 Å². The molecule has 1 aromatic heterocycles. The lowest BCUT2D eigenvalue weighted by molar-refractivity contribution is -0.115. The van der Waals surface area contributed by atoms with Crippen molar-refractivity contribution < 1.29 is 13.2 Å². The first-order valence-electron chi connectivity index (χ1n) is 9.71. The third-order valence-corrected chi connectivity index (χ3v) is 6.93. The first kappa shape index (κ1) is 22.6. The molecule has 0 aliphatic rings. The van der Waals surface area contributed by atoms with Gasteiger partial charge in [0.25, 0.3) is 10.0 Å². The van der Waals surface area contributed by atoms with Gasteiger partial charge in [-0.05, 0) is 58.9 Å². The summed E-state index contributed by atoms with van der Waals surface area (Å²) >= 11 is 6.38.